The van der Waals surface area contributed by atoms with Crippen LogP contribution in [0.25, 0.3) is 0 Å². The molecule has 1 atom stereocenters. The molecule has 0 spiro atoms. The molecular weight excluding hydrogens is 239 g/mol. The van der Waals surface area contributed by atoms with E-state index in [2.05, 4.69) is 10.3 Å². The van der Waals surface area contributed by atoms with Crippen LogP contribution in [0.5, 0.6) is 0 Å². The van der Waals surface area contributed by atoms with Crippen LogP contribution in [0.1, 0.15) is 31.1 Å². The molecule has 5 nitrogen and oxygen atoms in total. The van der Waals surface area contributed by atoms with Crippen LogP contribution in [-0.2, 0) is 4.79 Å². The molecule has 0 aliphatic heterocycles. The van der Waals surface area contributed by atoms with E-state index in [0.717, 1.165) is 12.3 Å². The molecule has 0 aliphatic rings. The molecule has 1 heterocycles. The van der Waals surface area contributed by atoms with Gasteiger partial charge >= 0.3 is 5.97 Å². The first kappa shape index (κ1) is 14.1. The summed E-state index contributed by atoms with van der Waals surface area (Å²) >= 11 is 0. The van der Waals surface area contributed by atoms with Gasteiger partial charge in [-0.05, 0) is 11.5 Å². The van der Waals surface area contributed by atoms with E-state index in [-0.39, 0.29) is 5.56 Å². The van der Waals surface area contributed by atoms with Gasteiger partial charge in [-0.15, -0.1) is 0 Å². The number of carboxylic acid groups (broad SMARTS) is 1. The number of halogens is 1. The predicted octanol–water partition coefficient (Wildman–Crippen LogP) is 1.45. The van der Waals surface area contributed by atoms with Crippen LogP contribution >= 0.6 is 0 Å². The van der Waals surface area contributed by atoms with Crippen molar-refractivity contribution in [1.82, 2.24) is 10.3 Å². The van der Waals surface area contributed by atoms with E-state index in [1.54, 1.807) is 20.8 Å². The largest absolute Gasteiger partial charge is 0.480 e. The molecule has 1 amide bonds. The van der Waals surface area contributed by atoms with Gasteiger partial charge in [0.2, 0.25) is 5.95 Å². The van der Waals surface area contributed by atoms with Crippen molar-refractivity contribution in [3.63, 3.8) is 0 Å². The Kier molecular flexibility index (Phi) is 4.00. The molecule has 0 saturated carbocycles. The number of pyridine rings is 1. The van der Waals surface area contributed by atoms with Crippen LogP contribution < -0.4 is 5.32 Å². The number of carboxylic acids is 1. The summed E-state index contributed by atoms with van der Waals surface area (Å²) in [7, 11) is 0. The fraction of sp³-hybridized carbons (Fsp3) is 0.417. The highest BCUT2D eigenvalue weighted by molar-refractivity contribution is 5.96. The van der Waals surface area contributed by atoms with Crippen molar-refractivity contribution in [2.75, 3.05) is 0 Å². The highest BCUT2D eigenvalue weighted by Crippen LogP contribution is 2.19. The number of amides is 1. The van der Waals surface area contributed by atoms with Crippen LogP contribution in [0.2, 0.25) is 0 Å². The molecule has 2 N–H and O–H groups in total. The molecule has 1 aromatic heterocycles. The normalized spacial score (nSPS) is 12.9. The lowest BCUT2D eigenvalue weighted by Gasteiger charge is -2.27. The highest BCUT2D eigenvalue weighted by Gasteiger charge is 2.32. The molecule has 1 rings (SSSR count). The number of carbonyl (C=O) groups is 2. The van der Waals surface area contributed by atoms with E-state index in [1.165, 1.54) is 6.07 Å². The first-order chi connectivity index (χ1) is 8.21. The third kappa shape index (κ3) is 3.51. The number of rotatable bonds is 3. The van der Waals surface area contributed by atoms with Crippen molar-refractivity contribution in [2.45, 2.75) is 26.8 Å². The molecule has 0 aromatic carbocycles. The summed E-state index contributed by atoms with van der Waals surface area (Å²) in [6, 6.07) is 1.22. The zero-order valence-electron chi connectivity index (χ0n) is 10.4. The van der Waals surface area contributed by atoms with Gasteiger partial charge < -0.3 is 10.4 Å². The predicted molar refractivity (Wildman–Crippen MR) is 62.5 cm³/mol. The lowest BCUT2D eigenvalue weighted by atomic mass is 9.86. The van der Waals surface area contributed by atoms with E-state index >= 15 is 0 Å². The van der Waals surface area contributed by atoms with Crippen molar-refractivity contribution >= 4 is 11.9 Å². The van der Waals surface area contributed by atoms with E-state index in [1.807, 2.05) is 0 Å². The molecule has 0 fully saturated rings. The Balaban J connectivity index is 2.89. The summed E-state index contributed by atoms with van der Waals surface area (Å²) in [5, 5.41) is 11.4. The zero-order valence-corrected chi connectivity index (χ0v) is 10.4. The van der Waals surface area contributed by atoms with Crippen LogP contribution in [-0.4, -0.2) is 28.0 Å². The number of aromatic nitrogens is 1. The number of carbonyl (C=O) groups excluding carboxylic acids is 1. The zero-order chi connectivity index (χ0) is 13.9. The summed E-state index contributed by atoms with van der Waals surface area (Å²) < 4.78 is 12.9. The van der Waals surface area contributed by atoms with Gasteiger partial charge in [-0.3, -0.25) is 4.79 Å². The smallest absolute Gasteiger partial charge is 0.326 e. The van der Waals surface area contributed by atoms with Crippen molar-refractivity contribution in [3.05, 3.63) is 29.8 Å². The number of hydrogen-bond donors (Lipinski definition) is 2. The third-order valence-corrected chi connectivity index (χ3v) is 2.38. The Hall–Kier alpha value is -1.98. The Bertz CT molecular complexity index is 469. The number of aliphatic carboxylic acids is 1. The second-order valence-corrected chi connectivity index (χ2v) is 4.98. The Labute approximate surface area is 104 Å². The first-order valence-corrected chi connectivity index (χ1v) is 5.37. The Morgan fingerprint density at radius 2 is 2.06 bits per heavy atom. The minimum Gasteiger partial charge on any atom is -0.480 e. The maximum Gasteiger partial charge on any atom is 0.326 e. The molecule has 1 aromatic rings. The van der Waals surface area contributed by atoms with Gasteiger partial charge in [0.1, 0.15) is 6.04 Å². The van der Waals surface area contributed by atoms with Gasteiger partial charge in [-0.2, -0.15) is 4.39 Å². The van der Waals surface area contributed by atoms with Crippen molar-refractivity contribution < 1.29 is 19.1 Å². The second kappa shape index (κ2) is 5.12. The number of nitrogens with zero attached hydrogens (tertiary/aromatic N) is 1. The topological polar surface area (TPSA) is 79.3 Å². The van der Waals surface area contributed by atoms with Crippen molar-refractivity contribution in [3.8, 4) is 0 Å². The maximum atomic E-state index is 12.9. The molecule has 0 aliphatic carbocycles. The number of hydrogen-bond acceptors (Lipinski definition) is 3. The molecule has 0 radical (unpaired) electrons. The van der Waals surface area contributed by atoms with E-state index in [4.69, 9.17) is 5.11 Å². The van der Waals surface area contributed by atoms with Crippen molar-refractivity contribution in [1.29, 1.82) is 0 Å². The van der Waals surface area contributed by atoms with Crippen LogP contribution in [0.15, 0.2) is 18.3 Å². The van der Waals surface area contributed by atoms with E-state index in [9.17, 15) is 14.0 Å². The molecule has 18 heavy (non-hydrogen) atoms. The summed E-state index contributed by atoms with van der Waals surface area (Å²) in [6.07, 6.45) is 1.15. The Morgan fingerprint density at radius 3 is 2.50 bits per heavy atom. The summed E-state index contributed by atoms with van der Waals surface area (Å²) in [6.45, 7) is 5.08. The van der Waals surface area contributed by atoms with Crippen LogP contribution in [0.4, 0.5) is 4.39 Å². The molecule has 98 valence electrons. The van der Waals surface area contributed by atoms with Gasteiger partial charge in [0, 0.05) is 17.8 Å². The Morgan fingerprint density at radius 1 is 1.44 bits per heavy atom. The first-order valence-electron chi connectivity index (χ1n) is 5.37. The summed E-state index contributed by atoms with van der Waals surface area (Å²) in [5.74, 6) is -2.56. The minimum atomic E-state index is -1.13. The SMILES string of the molecule is CC(C)(C)C(NC(=O)c1ccnc(F)c1)C(=O)O. The molecule has 1 unspecified atom stereocenters. The average molecular weight is 254 g/mol. The fourth-order valence-corrected chi connectivity index (χ4v) is 1.41. The maximum absolute atomic E-state index is 12.9. The van der Waals surface area contributed by atoms with E-state index < -0.39 is 29.3 Å². The van der Waals surface area contributed by atoms with Gasteiger partial charge in [-0.25, -0.2) is 9.78 Å². The third-order valence-electron chi connectivity index (χ3n) is 2.38. The molecule has 0 saturated heterocycles. The summed E-state index contributed by atoms with van der Waals surface area (Å²) in [4.78, 5) is 26.2. The van der Waals surface area contributed by atoms with Gasteiger partial charge in [-0.1, -0.05) is 20.8 Å². The van der Waals surface area contributed by atoms with Crippen molar-refractivity contribution in [2.24, 2.45) is 5.41 Å². The van der Waals surface area contributed by atoms with Crippen LogP contribution in [0, 0.1) is 11.4 Å². The molecular formula is C12H15FN2O3. The summed E-state index contributed by atoms with van der Waals surface area (Å²) in [5.41, 5.74) is -0.606. The second-order valence-electron chi connectivity index (χ2n) is 4.98. The van der Waals surface area contributed by atoms with Crippen LogP contribution in [0.3, 0.4) is 0 Å². The average Bonchev–Trinajstić information content (AvgIpc) is 2.23. The lowest BCUT2D eigenvalue weighted by molar-refractivity contribution is -0.142. The standard InChI is InChI=1S/C12H15FN2O3/c1-12(2,3)9(11(17)18)15-10(16)7-4-5-14-8(13)6-7/h4-6,9H,1-3H3,(H,15,16)(H,17,18). The molecule has 0 bridgehead atoms. The van der Waals surface area contributed by atoms with Gasteiger partial charge in [0.15, 0.2) is 0 Å². The fourth-order valence-electron chi connectivity index (χ4n) is 1.41. The minimum absolute atomic E-state index is 0.0398. The number of nitrogens with one attached hydrogen (secondary N) is 1. The lowest BCUT2D eigenvalue weighted by Crippen LogP contribution is -2.49. The van der Waals surface area contributed by atoms with E-state index in [0.29, 0.717) is 0 Å². The quantitative estimate of drug-likeness (QED) is 0.800. The molecule has 6 heteroatoms. The monoisotopic (exact) mass is 254 g/mol. The highest BCUT2D eigenvalue weighted by atomic mass is 19.1. The van der Waals surface area contributed by atoms with Gasteiger partial charge in [0.05, 0.1) is 0 Å². The van der Waals surface area contributed by atoms with Gasteiger partial charge in [0.25, 0.3) is 5.91 Å².